The van der Waals surface area contributed by atoms with Gasteiger partial charge in [-0.1, -0.05) is 57.2 Å². The van der Waals surface area contributed by atoms with Crippen molar-refractivity contribution in [3.63, 3.8) is 0 Å². The topological polar surface area (TPSA) is 63.7 Å². The number of carbonyl (C=O) groups excluding carboxylic acids is 3. The second-order valence-corrected chi connectivity index (χ2v) is 8.56. The highest BCUT2D eigenvalue weighted by Crippen LogP contribution is 2.28. The summed E-state index contributed by atoms with van der Waals surface area (Å²) >= 11 is 0. The Kier molecular flexibility index (Phi) is 5.19. The lowest BCUT2D eigenvalue weighted by Gasteiger charge is -2.19. The summed E-state index contributed by atoms with van der Waals surface area (Å²) in [5.41, 5.74) is 3.72. The minimum absolute atomic E-state index is 0.0659. The number of fused-ring (bicyclic) bond motifs is 1. The molecule has 0 unspecified atom stereocenters. The van der Waals surface area contributed by atoms with Gasteiger partial charge in [0.25, 0.3) is 11.8 Å². The van der Waals surface area contributed by atoms with Gasteiger partial charge in [-0.2, -0.15) is 0 Å². The first-order chi connectivity index (χ1) is 14.8. The second kappa shape index (κ2) is 7.84. The van der Waals surface area contributed by atoms with Crippen molar-refractivity contribution in [1.29, 1.82) is 0 Å². The van der Waals surface area contributed by atoms with Gasteiger partial charge in [0.15, 0.2) is 0 Å². The van der Waals surface area contributed by atoms with Crippen LogP contribution in [-0.4, -0.2) is 17.8 Å². The van der Waals surface area contributed by atoms with Crippen LogP contribution in [0.4, 0.5) is 5.69 Å². The Balaban J connectivity index is 1.42. The molecule has 156 valence electrons. The maximum absolute atomic E-state index is 12.6. The summed E-state index contributed by atoms with van der Waals surface area (Å²) < 4.78 is 5.41. The van der Waals surface area contributed by atoms with E-state index in [-0.39, 0.29) is 23.8 Å². The number of amides is 2. The molecule has 0 aliphatic carbocycles. The highest BCUT2D eigenvalue weighted by Gasteiger charge is 2.36. The van der Waals surface area contributed by atoms with E-state index in [1.807, 2.05) is 24.3 Å². The van der Waals surface area contributed by atoms with Crippen molar-refractivity contribution in [2.75, 3.05) is 4.90 Å². The number of hydrogen-bond acceptors (Lipinski definition) is 4. The summed E-state index contributed by atoms with van der Waals surface area (Å²) in [5.74, 6) is -1.20. The summed E-state index contributed by atoms with van der Waals surface area (Å²) in [6.45, 7) is 6.61. The maximum Gasteiger partial charge on any atom is 0.338 e. The fraction of sp³-hybridized carbons (Fsp3) is 0.192. The molecule has 0 aromatic heterocycles. The molecule has 0 bridgehead atoms. The number of ether oxygens (including phenoxy) is 1. The first-order valence-corrected chi connectivity index (χ1v) is 10.1. The SMILES string of the molecule is CC(C)(C)c1ccc(COC(=O)c2ccc(N3C(=O)c4ccccc4C3=O)cc2)cc1. The Labute approximate surface area is 181 Å². The average molecular weight is 413 g/mol. The van der Waals surface area contributed by atoms with Gasteiger partial charge in [0.1, 0.15) is 6.61 Å². The molecule has 0 spiro atoms. The number of nitrogens with zero attached hydrogens (tertiary/aromatic N) is 1. The van der Waals surface area contributed by atoms with Crippen LogP contribution in [0.5, 0.6) is 0 Å². The molecule has 1 aliphatic heterocycles. The van der Waals surface area contributed by atoms with Crippen molar-refractivity contribution in [3.8, 4) is 0 Å². The first-order valence-electron chi connectivity index (χ1n) is 10.1. The van der Waals surface area contributed by atoms with Crippen molar-refractivity contribution < 1.29 is 19.1 Å². The fourth-order valence-electron chi connectivity index (χ4n) is 3.50. The molecule has 1 aliphatic rings. The van der Waals surface area contributed by atoms with Gasteiger partial charge in [0.2, 0.25) is 0 Å². The first kappa shape index (κ1) is 20.5. The predicted molar refractivity (Wildman–Crippen MR) is 118 cm³/mol. The summed E-state index contributed by atoms with van der Waals surface area (Å²) in [6.07, 6.45) is 0. The molecule has 0 fully saturated rings. The van der Waals surface area contributed by atoms with Crippen LogP contribution in [0.2, 0.25) is 0 Å². The van der Waals surface area contributed by atoms with Gasteiger partial charge in [0.05, 0.1) is 22.4 Å². The van der Waals surface area contributed by atoms with Gasteiger partial charge in [-0.05, 0) is 52.9 Å². The molecule has 3 aromatic carbocycles. The van der Waals surface area contributed by atoms with E-state index in [0.29, 0.717) is 22.4 Å². The standard InChI is InChI=1S/C26H23NO4/c1-26(2,3)19-12-8-17(9-13-19)16-31-25(30)18-10-14-20(15-11-18)27-23(28)21-6-4-5-7-22(21)24(27)29/h4-15H,16H2,1-3H3. The maximum atomic E-state index is 12.6. The summed E-state index contributed by atoms with van der Waals surface area (Å²) in [5, 5.41) is 0. The van der Waals surface area contributed by atoms with Gasteiger partial charge in [-0.15, -0.1) is 0 Å². The molecule has 0 N–H and O–H groups in total. The van der Waals surface area contributed by atoms with Crippen molar-refractivity contribution >= 4 is 23.5 Å². The van der Waals surface area contributed by atoms with Gasteiger partial charge in [-0.25, -0.2) is 9.69 Å². The highest BCUT2D eigenvalue weighted by molar-refractivity contribution is 6.34. The third-order valence-electron chi connectivity index (χ3n) is 5.35. The van der Waals surface area contributed by atoms with Crippen LogP contribution < -0.4 is 4.90 Å². The van der Waals surface area contributed by atoms with Crippen molar-refractivity contribution in [2.24, 2.45) is 0 Å². The Hall–Kier alpha value is -3.73. The van der Waals surface area contributed by atoms with E-state index >= 15 is 0 Å². The van der Waals surface area contributed by atoms with Gasteiger partial charge in [0, 0.05) is 0 Å². The largest absolute Gasteiger partial charge is 0.457 e. The van der Waals surface area contributed by atoms with Crippen LogP contribution in [-0.2, 0) is 16.8 Å². The van der Waals surface area contributed by atoms with Crippen molar-refractivity contribution in [2.45, 2.75) is 32.8 Å². The number of benzene rings is 3. The lowest BCUT2D eigenvalue weighted by molar-refractivity contribution is 0.0472. The molecule has 0 atom stereocenters. The molecular weight excluding hydrogens is 390 g/mol. The van der Waals surface area contributed by atoms with Crippen LogP contribution in [0.15, 0.2) is 72.8 Å². The second-order valence-electron chi connectivity index (χ2n) is 8.56. The van der Waals surface area contributed by atoms with E-state index in [4.69, 9.17) is 4.74 Å². The molecule has 0 saturated carbocycles. The van der Waals surface area contributed by atoms with Crippen LogP contribution in [0.3, 0.4) is 0 Å². The van der Waals surface area contributed by atoms with E-state index in [9.17, 15) is 14.4 Å². The molecule has 0 saturated heterocycles. The summed E-state index contributed by atoms with van der Waals surface area (Å²) in [7, 11) is 0. The third-order valence-corrected chi connectivity index (χ3v) is 5.35. The van der Waals surface area contributed by atoms with Gasteiger partial charge < -0.3 is 4.74 Å². The third kappa shape index (κ3) is 3.99. The minimum Gasteiger partial charge on any atom is -0.457 e. The fourth-order valence-corrected chi connectivity index (χ4v) is 3.50. The quantitative estimate of drug-likeness (QED) is 0.439. The zero-order chi connectivity index (χ0) is 22.2. The number of imide groups is 1. The zero-order valence-electron chi connectivity index (χ0n) is 17.7. The molecule has 2 amide bonds. The van der Waals surface area contributed by atoms with Crippen molar-refractivity contribution in [1.82, 2.24) is 0 Å². The van der Waals surface area contributed by atoms with Crippen molar-refractivity contribution in [3.05, 3.63) is 101 Å². The molecule has 3 aromatic rings. The minimum atomic E-state index is -0.464. The number of rotatable bonds is 4. The van der Waals surface area contributed by atoms with E-state index < -0.39 is 5.97 Å². The van der Waals surface area contributed by atoms with E-state index in [1.54, 1.807) is 48.5 Å². The van der Waals surface area contributed by atoms with Gasteiger partial charge >= 0.3 is 5.97 Å². The van der Waals surface area contributed by atoms with E-state index in [0.717, 1.165) is 10.5 Å². The Morgan fingerprint density at radius 1 is 0.806 bits per heavy atom. The molecule has 5 nitrogen and oxygen atoms in total. The molecule has 31 heavy (non-hydrogen) atoms. The average Bonchev–Trinajstić information content (AvgIpc) is 3.02. The Bertz CT molecular complexity index is 1120. The van der Waals surface area contributed by atoms with E-state index in [1.165, 1.54) is 5.56 Å². The molecule has 0 radical (unpaired) electrons. The number of carbonyl (C=O) groups is 3. The van der Waals surface area contributed by atoms with Gasteiger partial charge in [-0.3, -0.25) is 9.59 Å². The predicted octanol–water partition coefficient (Wildman–Crippen LogP) is 5.14. The number of esters is 1. The van der Waals surface area contributed by atoms with Crippen LogP contribution in [0.25, 0.3) is 0 Å². The lowest BCUT2D eigenvalue weighted by atomic mass is 9.87. The Morgan fingerprint density at radius 2 is 1.35 bits per heavy atom. The van der Waals surface area contributed by atoms with E-state index in [2.05, 4.69) is 20.8 Å². The molecule has 5 heteroatoms. The monoisotopic (exact) mass is 413 g/mol. The molecular formula is C26H23NO4. The highest BCUT2D eigenvalue weighted by atomic mass is 16.5. The lowest BCUT2D eigenvalue weighted by Crippen LogP contribution is -2.29. The number of hydrogen-bond donors (Lipinski definition) is 0. The zero-order valence-corrected chi connectivity index (χ0v) is 17.7. The van der Waals surface area contributed by atoms with Crippen LogP contribution in [0.1, 0.15) is 63.0 Å². The Morgan fingerprint density at radius 3 is 1.87 bits per heavy atom. The summed E-state index contributed by atoms with van der Waals surface area (Å²) in [4.78, 5) is 38.7. The number of anilines is 1. The van der Waals surface area contributed by atoms with Crippen LogP contribution >= 0.6 is 0 Å². The summed E-state index contributed by atoms with van der Waals surface area (Å²) in [6, 6.07) is 21.0. The molecule has 4 rings (SSSR count). The smallest absolute Gasteiger partial charge is 0.338 e. The molecule has 1 heterocycles. The normalized spacial score (nSPS) is 13.3. The van der Waals surface area contributed by atoms with Crippen LogP contribution in [0, 0.1) is 0 Å².